The molecular weight excluding hydrogens is 377 g/mol. The van der Waals surface area contributed by atoms with Crippen LogP contribution in [0.2, 0.25) is 0 Å². The van der Waals surface area contributed by atoms with E-state index in [0.29, 0.717) is 5.75 Å². The zero-order chi connectivity index (χ0) is 21.4. The molecule has 0 aliphatic heterocycles. The van der Waals surface area contributed by atoms with Crippen molar-refractivity contribution >= 4 is 17.7 Å². The van der Waals surface area contributed by atoms with Crippen LogP contribution in [0.1, 0.15) is 18.1 Å². The molecule has 0 radical (unpaired) electrons. The summed E-state index contributed by atoms with van der Waals surface area (Å²) < 4.78 is 19.1. The molecule has 7 nitrogen and oxygen atoms in total. The zero-order valence-electron chi connectivity index (χ0n) is 16.3. The third-order valence-corrected chi connectivity index (χ3v) is 4.33. The van der Waals surface area contributed by atoms with Gasteiger partial charge in [-0.25, -0.2) is 4.39 Å². The minimum absolute atomic E-state index is 0.0634. The number of ether oxygens (including phenoxy) is 1. The highest BCUT2D eigenvalue weighted by Crippen LogP contribution is 2.13. The standard InChI is InChI=1S/C21H24FN3O4/c1-13(26)24-19(12-15-5-3-4-6-17(15)22)21(28)25-18(20(23)27)11-14-7-9-16(29-2)10-8-14/h3-10,18-19H,11-12H2,1-2H3,(H2,23,27)(H,24,26)(H,25,28)/t18-,19+/m0/s1. The Labute approximate surface area is 168 Å². The van der Waals surface area contributed by atoms with E-state index in [2.05, 4.69) is 10.6 Å². The van der Waals surface area contributed by atoms with Crippen LogP contribution < -0.4 is 21.1 Å². The molecule has 0 heterocycles. The molecule has 2 rings (SSSR count). The third-order valence-electron chi connectivity index (χ3n) is 4.33. The van der Waals surface area contributed by atoms with E-state index in [-0.39, 0.29) is 18.4 Å². The van der Waals surface area contributed by atoms with Crippen LogP contribution in [0.5, 0.6) is 5.75 Å². The van der Waals surface area contributed by atoms with Crippen LogP contribution in [0.3, 0.4) is 0 Å². The van der Waals surface area contributed by atoms with E-state index in [1.165, 1.54) is 25.1 Å². The number of hydrogen-bond acceptors (Lipinski definition) is 4. The maximum atomic E-state index is 14.0. The molecule has 0 aromatic heterocycles. The Bertz CT molecular complexity index is 870. The molecule has 0 fully saturated rings. The summed E-state index contributed by atoms with van der Waals surface area (Å²) in [5.74, 6) is -1.63. The van der Waals surface area contributed by atoms with Gasteiger partial charge in [0.25, 0.3) is 0 Å². The van der Waals surface area contributed by atoms with E-state index in [1.54, 1.807) is 37.4 Å². The largest absolute Gasteiger partial charge is 0.497 e. The SMILES string of the molecule is COc1ccc(C[C@H](NC(=O)[C@@H](Cc2ccccc2F)NC(C)=O)C(N)=O)cc1. The lowest BCUT2D eigenvalue weighted by Crippen LogP contribution is -2.54. The topological polar surface area (TPSA) is 111 Å². The smallest absolute Gasteiger partial charge is 0.243 e. The molecule has 0 spiro atoms. The number of hydrogen-bond donors (Lipinski definition) is 3. The fourth-order valence-corrected chi connectivity index (χ4v) is 2.83. The van der Waals surface area contributed by atoms with Crippen LogP contribution in [0.4, 0.5) is 4.39 Å². The van der Waals surface area contributed by atoms with Gasteiger partial charge in [-0.05, 0) is 29.3 Å². The molecule has 0 saturated heterocycles. The first-order valence-corrected chi connectivity index (χ1v) is 9.03. The highest BCUT2D eigenvalue weighted by molar-refractivity contribution is 5.91. The normalized spacial score (nSPS) is 12.5. The average Bonchev–Trinajstić information content (AvgIpc) is 2.68. The van der Waals surface area contributed by atoms with E-state index in [0.717, 1.165) is 5.56 Å². The summed E-state index contributed by atoms with van der Waals surface area (Å²) in [4.78, 5) is 36.1. The minimum Gasteiger partial charge on any atom is -0.497 e. The number of carbonyl (C=O) groups excluding carboxylic acids is 3. The first-order chi connectivity index (χ1) is 13.8. The molecule has 0 aliphatic rings. The van der Waals surface area contributed by atoms with Crippen molar-refractivity contribution in [2.75, 3.05) is 7.11 Å². The van der Waals surface area contributed by atoms with Gasteiger partial charge in [0.1, 0.15) is 23.7 Å². The van der Waals surface area contributed by atoms with Gasteiger partial charge in [-0.3, -0.25) is 14.4 Å². The van der Waals surface area contributed by atoms with Gasteiger partial charge in [-0.2, -0.15) is 0 Å². The van der Waals surface area contributed by atoms with Crippen LogP contribution in [0, 0.1) is 5.82 Å². The van der Waals surface area contributed by atoms with Crippen LogP contribution in [-0.4, -0.2) is 36.9 Å². The van der Waals surface area contributed by atoms with Gasteiger partial charge in [-0.1, -0.05) is 30.3 Å². The fourth-order valence-electron chi connectivity index (χ4n) is 2.83. The lowest BCUT2D eigenvalue weighted by Gasteiger charge is -2.22. The lowest BCUT2D eigenvalue weighted by molar-refractivity contribution is -0.130. The molecule has 4 N–H and O–H groups in total. The first-order valence-electron chi connectivity index (χ1n) is 9.03. The van der Waals surface area contributed by atoms with Crippen LogP contribution in [0.15, 0.2) is 48.5 Å². The number of halogens is 1. The van der Waals surface area contributed by atoms with Crippen molar-refractivity contribution in [3.63, 3.8) is 0 Å². The number of amides is 3. The summed E-state index contributed by atoms with van der Waals surface area (Å²) in [7, 11) is 1.54. The number of primary amides is 1. The highest BCUT2D eigenvalue weighted by atomic mass is 19.1. The van der Waals surface area contributed by atoms with E-state index < -0.39 is 35.6 Å². The Balaban J connectivity index is 2.13. The van der Waals surface area contributed by atoms with E-state index in [9.17, 15) is 18.8 Å². The third kappa shape index (κ3) is 6.60. The quantitative estimate of drug-likeness (QED) is 0.584. The van der Waals surface area contributed by atoms with E-state index in [4.69, 9.17) is 10.5 Å². The number of benzene rings is 2. The van der Waals surface area contributed by atoms with Crippen LogP contribution >= 0.6 is 0 Å². The Kier molecular flexibility index (Phi) is 7.70. The second kappa shape index (κ2) is 10.2. The summed E-state index contributed by atoms with van der Waals surface area (Å²) in [6.45, 7) is 1.25. The van der Waals surface area contributed by atoms with Gasteiger partial charge in [0.05, 0.1) is 7.11 Å². The molecule has 0 saturated carbocycles. The second-order valence-corrected chi connectivity index (χ2v) is 6.56. The van der Waals surface area contributed by atoms with Crippen molar-refractivity contribution in [1.82, 2.24) is 10.6 Å². The monoisotopic (exact) mass is 401 g/mol. The predicted octanol–water partition coefficient (Wildman–Crippen LogP) is 1.09. The van der Waals surface area contributed by atoms with E-state index in [1.807, 2.05) is 0 Å². The fraction of sp³-hybridized carbons (Fsp3) is 0.286. The van der Waals surface area contributed by atoms with Gasteiger partial charge in [0, 0.05) is 19.8 Å². The minimum atomic E-state index is -1.05. The maximum Gasteiger partial charge on any atom is 0.243 e. The van der Waals surface area contributed by atoms with E-state index >= 15 is 0 Å². The van der Waals surface area contributed by atoms with Crippen molar-refractivity contribution in [1.29, 1.82) is 0 Å². The molecule has 0 aliphatic carbocycles. The summed E-state index contributed by atoms with van der Waals surface area (Å²) in [6, 6.07) is 10.9. The molecule has 154 valence electrons. The number of rotatable bonds is 9. The number of methoxy groups -OCH3 is 1. The van der Waals surface area contributed by atoms with Crippen molar-refractivity contribution in [3.05, 3.63) is 65.5 Å². The van der Waals surface area contributed by atoms with Gasteiger partial charge < -0.3 is 21.1 Å². The molecule has 2 aromatic rings. The van der Waals surface area contributed by atoms with Gasteiger partial charge in [-0.15, -0.1) is 0 Å². The molecule has 2 aromatic carbocycles. The summed E-state index contributed by atoms with van der Waals surface area (Å²) in [5, 5.41) is 5.05. The van der Waals surface area contributed by atoms with Crippen molar-refractivity contribution in [3.8, 4) is 5.75 Å². The average molecular weight is 401 g/mol. The molecule has 29 heavy (non-hydrogen) atoms. The summed E-state index contributed by atoms with van der Waals surface area (Å²) >= 11 is 0. The Morgan fingerprint density at radius 3 is 2.21 bits per heavy atom. The molecular formula is C21H24FN3O4. The van der Waals surface area contributed by atoms with Crippen molar-refractivity contribution < 1.29 is 23.5 Å². The van der Waals surface area contributed by atoms with Crippen LogP contribution in [-0.2, 0) is 27.2 Å². The maximum absolute atomic E-state index is 14.0. The van der Waals surface area contributed by atoms with Gasteiger partial charge in [0.2, 0.25) is 17.7 Å². The lowest BCUT2D eigenvalue weighted by atomic mass is 10.0. The molecule has 0 bridgehead atoms. The molecule has 2 atom stereocenters. The summed E-state index contributed by atoms with van der Waals surface area (Å²) in [6.07, 6.45) is 0.101. The Morgan fingerprint density at radius 2 is 1.66 bits per heavy atom. The zero-order valence-corrected chi connectivity index (χ0v) is 16.3. The Morgan fingerprint density at radius 1 is 1.00 bits per heavy atom. The first kappa shape index (κ1) is 21.9. The Hall–Kier alpha value is -3.42. The molecule has 8 heteroatoms. The number of nitrogens with two attached hydrogens (primary N) is 1. The van der Waals surface area contributed by atoms with Gasteiger partial charge in [0.15, 0.2) is 0 Å². The number of carbonyl (C=O) groups is 3. The number of nitrogens with one attached hydrogen (secondary N) is 2. The second-order valence-electron chi connectivity index (χ2n) is 6.56. The van der Waals surface area contributed by atoms with Crippen molar-refractivity contribution in [2.24, 2.45) is 5.73 Å². The van der Waals surface area contributed by atoms with Gasteiger partial charge >= 0.3 is 0 Å². The van der Waals surface area contributed by atoms with Crippen LogP contribution in [0.25, 0.3) is 0 Å². The molecule has 3 amide bonds. The van der Waals surface area contributed by atoms with Crippen molar-refractivity contribution in [2.45, 2.75) is 31.8 Å². The summed E-state index contributed by atoms with van der Waals surface area (Å²) in [5.41, 5.74) is 6.48. The predicted molar refractivity (Wildman–Crippen MR) is 106 cm³/mol. The molecule has 0 unspecified atom stereocenters. The highest BCUT2D eigenvalue weighted by Gasteiger charge is 2.26.